The van der Waals surface area contributed by atoms with E-state index in [0.717, 1.165) is 0 Å². The number of rotatable bonds is 3. The Hall–Kier alpha value is -1.65. The topological polar surface area (TPSA) is 72.1 Å². The number of aromatic nitrogens is 2. The monoisotopic (exact) mass is 168 g/mol. The second kappa shape index (κ2) is 3.66. The molecular formula is C7H8N2O3. The van der Waals surface area contributed by atoms with E-state index in [9.17, 15) is 9.59 Å². The van der Waals surface area contributed by atoms with Gasteiger partial charge in [-0.25, -0.2) is 4.98 Å². The van der Waals surface area contributed by atoms with Crippen molar-refractivity contribution in [3.63, 3.8) is 0 Å². The van der Waals surface area contributed by atoms with E-state index in [0.29, 0.717) is 0 Å². The van der Waals surface area contributed by atoms with Crippen LogP contribution in [-0.2, 0) is 9.53 Å². The highest BCUT2D eigenvalue weighted by atomic mass is 16.5. The van der Waals surface area contributed by atoms with Crippen LogP contribution >= 0.6 is 0 Å². The van der Waals surface area contributed by atoms with E-state index in [1.807, 2.05) is 0 Å². The summed E-state index contributed by atoms with van der Waals surface area (Å²) in [4.78, 5) is 28.0. The normalized spacial score (nSPS) is 9.42. The SMILES string of the molecule is COC(=O)CC(=O)c1ncc[nH]1. The number of nitrogens with one attached hydrogen (secondary N) is 1. The van der Waals surface area contributed by atoms with Crippen LogP contribution in [0.3, 0.4) is 0 Å². The van der Waals surface area contributed by atoms with Crippen molar-refractivity contribution in [2.24, 2.45) is 0 Å². The predicted octanol–water partition coefficient (Wildman–Crippen LogP) is 0.155. The minimum Gasteiger partial charge on any atom is -0.469 e. The van der Waals surface area contributed by atoms with Crippen LogP contribution in [0.1, 0.15) is 17.0 Å². The molecule has 5 heteroatoms. The second-order valence-corrected chi connectivity index (χ2v) is 2.11. The number of hydrogen-bond acceptors (Lipinski definition) is 4. The minimum atomic E-state index is -0.559. The number of esters is 1. The quantitative estimate of drug-likeness (QED) is 0.396. The van der Waals surface area contributed by atoms with Gasteiger partial charge in [-0.15, -0.1) is 0 Å². The Morgan fingerprint density at radius 1 is 1.67 bits per heavy atom. The zero-order valence-electron chi connectivity index (χ0n) is 6.53. The molecule has 0 spiro atoms. The van der Waals surface area contributed by atoms with E-state index < -0.39 is 5.97 Å². The first-order valence-corrected chi connectivity index (χ1v) is 3.33. The molecule has 0 bridgehead atoms. The average Bonchev–Trinajstić information content (AvgIpc) is 2.56. The van der Waals surface area contributed by atoms with Crippen LogP contribution in [0.4, 0.5) is 0 Å². The molecule has 0 atom stereocenters. The van der Waals surface area contributed by atoms with Gasteiger partial charge >= 0.3 is 5.97 Å². The van der Waals surface area contributed by atoms with Gasteiger partial charge < -0.3 is 9.72 Å². The molecule has 1 N–H and O–H groups in total. The van der Waals surface area contributed by atoms with Gasteiger partial charge in [0, 0.05) is 12.4 Å². The summed E-state index contributed by atoms with van der Waals surface area (Å²) in [6.45, 7) is 0. The number of carbonyl (C=O) groups excluding carboxylic acids is 2. The van der Waals surface area contributed by atoms with Crippen molar-refractivity contribution in [2.75, 3.05) is 7.11 Å². The molecule has 12 heavy (non-hydrogen) atoms. The van der Waals surface area contributed by atoms with Crippen molar-refractivity contribution in [3.8, 4) is 0 Å². The third kappa shape index (κ3) is 1.91. The van der Waals surface area contributed by atoms with E-state index in [4.69, 9.17) is 0 Å². The van der Waals surface area contributed by atoms with Gasteiger partial charge in [0.05, 0.1) is 7.11 Å². The van der Waals surface area contributed by atoms with Gasteiger partial charge in [-0.1, -0.05) is 0 Å². The summed E-state index contributed by atoms with van der Waals surface area (Å²) in [6, 6.07) is 0. The third-order valence-electron chi connectivity index (χ3n) is 1.29. The van der Waals surface area contributed by atoms with Gasteiger partial charge in [-0.05, 0) is 0 Å². The highest BCUT2D eigenvalue weighted by Crippen LogP contribution is 1.96. The summed E-state index contributed by atoms with van der Waals surface area (Å²) in [5, 5.41) is 0. The largest absolute Gasteiger partial charge is 0.469 e. The molecule has 0 aliphatic heterocycles. The fraction of sp³-hybridized carbons (Fsp3) is 0.286. The number of H-pyrrole nitrogens is 1. The van der Waals surface area contributed by atoms with Gasteiger partial charge in [-0.2, -0.15) is 0 Å². The molecule has 0 saturated carbocycles. The van der Waals surface area contributed by atoms with Crippen molar-refractivity contribution in [2.45, 2.75) is 6.42 Å². The zero-order chi connectivity index (χ0) is 8.97. The summed E-state index contributed by atoms with van der Waals surface area (Å²) in [5.41, 5.74) is 0. The Kier molecular flexibility index (Phi) is 2.57. The lowest BCUT2D eigenvalue weighted by Gasteiger charge is -1.94. The summed E-state index contributed by atoms with van der Waals surface area (Å²) in [5.74, 6) is -0.747. The molecule has 0 saturated heterocycles. The molecular weight excluding hydrogens is 160 g/mol. The second-order valence-electron chi connectivity index (χ2n) is 2.11. The molecule has 0 radical (unpaired) electrons. The Morgan fingerprint density at radius 2 is 2.42 bits per heavy atom. The van der Waals surface area contributed by atoms with Gasteiger partial charge in [0.15, 0.2) is 5.82 Å². The highest BCUT2D eigenvalue weighted by Gasteiger charge is 2.13. The van der Waals surface area contributed by atoms with Crippen LogP contribution in [0.15, 0.2) is 12.4 Å². The van der Waals surface area contributed by atoms with Gasteiger partial charge in [-0.3, -0.25) is 9.59 Å². The van der Waals surface area contributed by atoms with Crippen LogP contribution in [-0.4, -0.2) is 28.8 Å². The van der Waals surface area contributed by atoms with E-state index in [-0.39, 0.29) is 18.0 Å². The third-order valence-corrected chi connectivity index (χ3v) is 1.29. The number of aromatic amines is 1. The van der Waals surface area contributed by atoms with Crippen LogP contribution in [0, 0.1) is 0 Å². The van der Waals surface area contributed by atoms with E-state index in [1.54, 1.807) is 0 Å². The molecule has 1 rings (SSSR count). The molecule has 5 nitrogen and oxygen atoms in total. The number of ketones is 1. The van der Waals surface area contributed by atoms with Crippen LogP contribution in [0.5, 0.6) is 0 Å². The maximum atomic E-state index is 11.1. The molecule has 0 fully saturated rings. The van der Waals surface area contributed by atoms with Crippen molar-refractivity contribution in [1.82, 2.24) is 9.97 Å². The van der Waals surface area contributed by atoms with Crippen LogP contribution in [0.2, 0.25) is 0 Å². The Morgan fingerprint density at radius 3 is 2.92 bits per heavy atom. The number of imidazole rings is 1. The van der Waals surface area contributed by atoms with Gasteiger partial charge in [0.1, 0.15) is 6.42 Å². The summed E-state index contributed by atoms with van der Waals surface area (Å²) in [7, 11) is 1.23. The molecule has 0 unspecified atom stereocenters. The minimum absolute atomic E-state index is 0.181. The fourth-order valence-corrected chi connectivity index (χ4v) is 0.705. The first kappa shape index (κ1) is 8.45. The van der Waals surface area contributed by atoms with Crippen LogP contribution in [0.25, 0.3) is 0 Å². The molecule has 1 aromatic rings. The average molecular weight is 168 g/mol. The number of carbonyl (C=O) groups is 2. The summed E-state index contributed by atoms with van der Waals surface area (Å²) < 4.78 is 4.32. The molecule has 0 aliphatic rings. The number of nitrogens with zero attached hydrogens (tertiary/aromatic N) is 1. The fourth-order valence-electron chi connectivity index (χ4n) is 0.705. The Bertz CT molecular complexity index is 279. The molecule has 1 heterocycles. The first-order valence-electron chi connectivity index (χ1n) is 3.33. The molecule has 64 valence electrons. The number of Topliss-reactive ketones (excluding diaryl/α,β-unsaturated/α-hetero) is 1. The lowest BCUT2D eigenvalue weighted by Crippen LogP contribution is -2.10. The zero-order valence-corrected chi connectivity index (χ0v) is 6.53. The molecule has 1 aromatic heterocycles. The van der Waals surface area contributed by atoms with E-state index >= 15 is 0 Å². The highest BCUT2D eigenvalue weighted by molar-refractivity contribution is 6.03. The standard InChI is InChI=1S/C7H8N2O3/c1-12-6(11)4-5(10)7-8-2-3-9-7/h2-3H,4H2,1H3,(H,8,9). The van der Waals surface area contributed by atoms with Crippen molar-refractivity contribution in [3.05, 3.63) is 18.2 Å². The lowest BCUT2D eigenvalue weighted by molar-refractivity contribution is -0.139. The van der Waals surface area contributed by atoms with Crippen LogP contribution < -0.4 is 0 Å². The van der Waals surface area contributed by atoms with Gasteiger partial charge in [0.2, 0.25) is 5.78 Å². The smallest absolute Gasteiger partial charge is 0.313 e. The number of ether oxygens (including phenoxy) is 1. The molecule has 0 amide bonds. The summed E-state index contributed by atoms with van der Waals surface area (Å²) >= 11 is 0. The Labute approximate surface area is 68.8 Å². The first-order chi connectivity index (χ1) is 5.74. The maximum Gasteiger partial charge on any atom is 0.313 e. The number of methoxy groups -OCH3 is 1. The van der Waals surface area contributed by atoms with Crippen molar-refractivity contribution in [1.29, 1.82) is 0 Å². The van der Waals surface area contributed by atoms with Crippen molar-refractivity contribution >= 4 is 11.8 Å². The van der Waals surface area contributed by atoms with E-state index in [1.165, 1.54) is 19.5 Å². The lowest BCUT2D eigenvalue weighted by atomic mass is 10.3. The Balaban J connectivity index is 2.56. The summed E-state index contributed by atoms with van der Waals surface area (Å²) in [6.07, 6.45) is 2.69. The number of hydrogen-bond donors (Lipinski definition) is 1. The van der Waals surface area contributed by atoms with Gasteiger partial charge in [0.25, 0.3) is 0 Å². The van der Waals surface area contributed by atoms with E-state index in [2.05, 4.69) is 14.7 Å². The maximum absolute atomic E-state index is 11.1. The predicted molar refractivity (Wildman–Crippen MR) is 39.6 cm³/mol. The molecule has 0 aromatic carbocycles. The molecule has 0 aliphatic carbocycles. The van der Waals surface area contributed by atoms with Crippen molar-refractivity contribution < 1.29 is 14.3 Å².